The number of aliphatic hydroxyl groups is 1. The van der Waals surface area contributed by atoms with E-state index in [9.17, 15) is 28.2 Å². The van der Waals surface area contributed by atoms with Crippen molar-refractivity contribution in [2.45, 2.75) is 32.0 Å². The number of carboxylic acid groups (broad SMARTS) is 1. The monoisotopic (exact) mass is 651 g/mol. The van der Waals surface area contributed by atoms with Crippen LogP contribution in [0.1, 0.15) is 22.3 Å². The lowest BCUT2D eigenvalue weighted by atomic mass is 9.94. The summed E-state index contributed by atoms with van der Waals surface area (Å²) in [6, 6.07) is 17.6. The lowest BCUT2D eigenvalue weighted by Gasteiger charge is -2.21. The number of carbonyl (C=O) groups is 1. The number of nitrogens with zero attached hydrogens (tertiary/aromatic N) is 2. The van der Waals surface area contributed by atoms with E-state index >= 15 is 0 Å². The van der Waals surface area contributed by atoms with Crippen LogP contribution in [0.25, 0.3) is 22.2 Å². The van der Waals surface area contributed by atoms with Crippen molar-refractivity contribution in [3.63, 3.8) is 0 Å². The smallest absolute Gasteiger partial charge is 0.417 e. The number of aliphatic carboxylic acids is 1. The van der Waals surface area contributed by atoms with Crippen molar-refractivity contribution in [1.82, 2.24) is 15.6 Å². The van der Waals surface area contributed by atoms with Crippen LogP contribution in [0.4, 0.5) is 13.2 Å². The van der Waals surface area contributed by atoms with Gasteiger partial charge in [0.25, 0.3) is 0 Å². The number of hydrogen-bond acceptors (Lipinski definition) is 10. The molecule has 1 atom stereocenters. The second kappa shape index (κ2) is 13.6. The molecule has 1 aromatic heterocycles. The van der Waals surface area contributed by atoms with Crippen LogP contribution >= 0.6 is 0 Å². The number of hydrogen-bond donors (Lipinski definition) is 3. The minimum atomic E-state index is -4.69. The maximum Gasteiger partial charge on any atom is 0.417 e. The average molecular weight is 652 g/mol. The van der Waals surface area contributed by atoms with Gasteiger partial charge in [0, 0.05) is 23.7 Å². The molecule has 6 rings (SSSR count). The van der Waals surface area contributed by atoms with Crippen molar-refractivity contribution < 1.29 is 51.8 Å². The molecule has 0 bridgehead atoms. The van der Waals surface area contributed by atoms with Crippen LogP contribution in [-0.4, -0.2) is 52.4 Å². The fourth-order valence-electron chi connectivity index (χ4n) is 5.11. The zero-order valence-electron chi connectivity index (χ0n) is 24.6. The molecule has 0 saturated heterocycles. The van der Waals surface area contributed by atoms with E-state index in [-0.39, 0.29) is 35.8 Å². The number of nitrogens with one attached hydrogen (secondary N) is 1. The van der Waals surface area contributed by atoms with E-state index in [4.69, 9.17) is 23.6 Å². The summed E-state index contributed by atoms with van der Waals surface area (Å²) in [6.45, 7) is -0.310. The molecule has 3 N–H and O–H groups in total. The molecule has 0 spiro atoms. The summed E-state index contributed by atoms with van der Waals surface area (Å²) in [4.78, 5) is 11.4. The molecule has 4 aromatic carbocycles. The quantitative estimate of drug-likeness (QED) is 0.160. The third-order valence-corrected chi connectivity index (χ3v) is 7.45. The van der Waals surface area contributed by atoms with Crippen LogP contribution in [0.3, 0.4) is 0 Å². The molecule has 0 unspecified atom stereocenters. The van der Waals surface area contributed by atoms with Crippen molar-refractivity contribution in [2.24, 2.45) is 0 Å². The van der Waals surface area contributed by atoms with Gasteiger partial charge in [-0.1, -0.05) is 36.4 Å². The van der Waals surface area contributed by atoms with Gasteiger partial charge in [-0.25, -0.2) is 4.63 Å². The number of rotatable bonds is 12. The highest BCUT2D eigenvalue weighted by Crippen LogP contribution is 2.42. The van der Waals surface area contributed by atoms with Crippen molar-refractivity contribution >= 4 is 17.0 Å². The van der Waals surface area contributed by atoms with Gasteiger partial charge in [-0.3, -0.25) is 10.1 Å². The highest BCUT2D eigenvalue weighted by molar-refractivity contribution is 5.74. The fourth-order valence-corrected chi connectivity index (χ4v) is 5.11. The van der Waals surface area contributed by atoms with Crippen LogP contribution in [-0.2, 0) is 30.7 Å². The Labute approximate surface area is 265 Å². The lowest BCUT2D eigenvalue weighted by molar-refractivity contribution is -0.140. The molecule has 0 saturated carbocycles. The minimum absolute atomic E-state index is 0.00911. The molecule has 1 aliphatic heterocycles. The molecule has 5 aromatic rings. The van der Waals surface area contributed by atoms with Crippen LogP contribution in [0.2, 0.25) is 0 Å². The Morgan fingerprint density at radius 3 is 2.49 bits per heavy atom. The van der Waals surface area contributed by atoms with Gasteiger partial charge in [-0.15, -0.1) is 0 Å². The van der Waals surface area contributed by atoms with Gasteiger partial charge < -0.3 is 29.2 Å². The topological polar surface area (TPSA) is 145 Å². The maximum absolute atomic E-state index is 14.5. The molecule has 0 amide bonds. The summed E-state index contributed by atoms with van der Waals surface area (Å²) in [7, 11) is 0. The number of benzene rings is 4. The van der Waals surface area contributed by atoms with Gasteiger partial charge in [-0.2, -0.15) is 13.2 Å². The summed E-state index contributed by atoms with van der Waals surface area (Å²) in [5.41, 5.74) is 1.71. The normalized spacial score (nSPS) is 13.4. The van der Waals surface area contributed by atoms with Crippen molar-refractivity contribution in [1.29, 1.82) is 0 Å². The molecular weight excluding hydrogens is 623 g/mol. The van der Waals surface area contributed by atoms with Crippen molar-refractivity contribution in [3.8, 4) is 34.1 Å². The number of aliphatic hydroxyl groups excluding tert-OH is 1. The molecule has 1 aliphatic rings. The van der Waals surface area contributed by atoms with E-state index in [2.05, 4.69) is 15.6 Å². The number of aromatic nitrogens is 2. The second-order valence-electron chi connectivity index (χ2n) is 10.6. The van der Waals surface area contributed by atoms with Gasteiger partial charge in [0.1, 0.15) is 55.0 Å². The summed E-state index contributed by atoms with van der Waals surface area (Å²) in [6.07, 6.45) is -4.69. The number of ether oxygens (including phenoxy) is 4. The largest absolute Gasteiger partial charge is 0.489 e. The molecule has 11 nitrogen and oxygen atoms in total. The van der Waals surface area contributed by atoms with Gasteiger partial charge in [0.15, 0.2) is 11.5 Å². The third-order valence-electron chi connectivity index (χ3n) is 7.45. The summed E-state index contributed by atoms with van der Waals surface area (Å²) in [5.74, 6) is 0.113. The zero-order valence-corrected chi connectivity index (χ0v) is 24.6. The first-order valence-corrected chi connectivity index (χ1v) is 14.5. The van der Waals surface area contributed by atoms with Gasteiger partial charge in [-0.05, 0) is 57.3 Å². The predicted octanol–water partition coefficient (Wildman–Crippen LogP) is 5.37. The first-order valence-electron chi connectivity index (χ1n) is 14.5. The Hall–Kier alpha value is -5.34. The highest BCUT2D eigenvalue weighted by atomic mass is 19.4. The molecule has 0 radical (unpaired) electrons. The molecule has 0 aliphatic carbocycles. The maximum atomic E-state index is 14.5. The molecule has 244 valence electrons. The van der Waals surface area contributed by atoms with Crippen LogP contribution < -0.4 is 24.3 Å². The average Bonchev–Trinajstić information content (AvgIpc) is 3.54. The summed E-state index contributed by atoms with van der Waals surface area (Å²) < 4.78 is 71.4. The Morgan fingerprint density at radius 2 is 1.70 bits per heavy atom. The molecule has 14 heteroatoms. The SMILES string of the molecule is O=C(O)[C@@H](CO)NCc1ccc(OCc2cccc(-c3ccc4c(c3)OCCO4)c2C(F)(F)F)cc1OCc1ccc2nonc2c1. The Bertz CT molecular complexity index is 1900. The third kappa shape index (κ3) is 7.23. The predicted molar refractivity (Wildman–Crippen MR) is 160 cm³/mol. The van der Waals surface area contributed by atoms with Crippen molar-refractivity contribution in [2.75, 3.05) is 19.8 Å². The highest BCUT2D eigenvalue weighted by Gasteiger charge is 2.37. The Kier molecular flexibility index (Phi) is 9.13. The molecular formula is C33H28F3N3O8. The first kappa shape index (κ1) is 31.6. The van der Waals surface area contributed by atoms with E-state index in [1.165, 1.54) is 30.3 Å². The van der Waals surface area contributed by atoms with Crippen LogP contribution in [0.15, 0.2) is 77.4 Å². The molecule has 0 fully saturated rings. The standard InChI is InChI=1S/C33H28F3N3O8/c34-33(35,36)31-22(2-1-3-24(31)20-6-9-28-30(13-20)44-11-10-43-28)18-45-23-7-5-21(15-37-27(16-40)32(41)42)29(14-23)46-17-19-4-8-25-26(12-19)39-47-38-25/h1-9,12-14,27,37,40H,10-11,15-18H2,(H,41,42)/t27-/m1/s1. The lowest BCUT2D eigenvalue weighted by Crippen LogP contribution is -2.39. The van der Waals surface area contributed by atoms with E-state index in [0.29, 0.717) is 46.9 Å². The Morgan fingerprint density at radius 1 is 0.894 bits per heavy atom. The first-order chi connectivity index (χ1) is 22.7. The van der Waals surface area contributed by atoms with E-state index in [0.717, 1.165) is 5.56 Å². The minimum Gasteiger partial charge on any atom is -0.489 e. The van der Waals surface area contributed by atoms with Gasteiger partial charge in [0.05, 0.1) is 12.2 Å². The Balaban J connectivity index is 1.26. The molecule has 47 heavy (non-hydrogen) atoms. The summed E-state index contributed by atoms with van der Waals surface area (Å²) >= 11 is 0. The number of alkyl halides is 3. The van der Waals surface area contributed by atoms with Gasteiger partial charge >= 0.3 is 12.1 Å². The van der Waals surface area contributed by atoms with Crippen LogP contribution in [0, 0.1) is 0 Å². The van der Waals surface area contributed by atoms with E-state index in [1.807, 2.05) is 0 Å². The van der Waals surface area contributed by atoms with E-state index in [1.54, 1.807) is 42.5 Å². The fraction of sp³-hybridized carbons (Fsp3) is 0.242. The zero-order chi connectivity index (χ0) is 33.0. The van der Waals surface area contributed by atoms with Crippen LogP contribution in [0.5, 0.6) is 23.0 Å². The summed E-state index contributed by atoms with van der Waals surface area (Å²) in [5, 5.41) is 29.0. The second-order valence-corrected chi connectivity index (χ2v) is 10.6. The van der Waals surface area contributed by atoms with E-state index < -0.39 is 37.0 Å². The number of fused-ring (bicyclic) bond motifs is 2. The van der Waals surface area contributed by atoms with Crippen molar-refractivity contribution in [3.05, 3.63) is 95.1 Å². The number of halogens is 3. The molecule has 2 heterocycles. The van der Waals surface area contributed by atoms with Gasteiger partial charge in [0.2, 0.25) is 0 Å². The number of carboxylic acids is 1.